The Bertz CT molecular complexity index is 1370. The number of fused-ring (bicyclic) bond motifs is 1. The van der Waals surface area contributed by atoms with Crippen LogP contribution in [0.1, 0.15) is 43.0 Å². The zero-order valence-corrected chi connectivity index (χ0v) is 19.0. The number of rotatable bonds is 7. The third-order valence-corrected chi connectivity index (χ3v) is 5.80. The van der Waals surface area contributed by atoms with Crippen molar-refractivity contribution in [3.05, 3.63) is 75.9 Å². The second-order valence-electron chi connectivity index (χ2n) is 8.53. The maximum Gasteiger partial charge on any atom is 0.263 e. The number of carbonyl (C=O) groups excluding carboxylic acids is 1. The van der Waals surface area contributed by atoms with Gasteiger partial charge in [0, 0.05) is 11.6 Å². The fraction of sp³-hybridized carbons (Fsp3) is 0.280. The molecule has 0 unspecified atom stereocenters. The van der Waals surface area contributed by atoms with Crippen LogP contribution in [0.15, 0.2) is 57.9 Å². The molecule has 1 aliphatic carbocycles. The van der Waals surface area contributed by atoms with Crippen LogP contribution in [0.2, 0.25) is 0 Å². The highest BCUT2D eigenvalue weighted by Gasteiger charge is 2.21. The first-order valence-electron chi connectivity index (χ1n) is 11.3. The van der Waals surface area contributed by atoms with Gasteiger partial charge in [-0.15, -0.1) is 0 Å². The van der Waals surface area contributed by atoms with Crippen LogP contribution in [-0.4, -0.2) is 32.3 Å². The van der Waals surface area contributed by atoms with Gasteiger partial charge in [0.2, 0.25) is 5.95 Å². The first kappa shape index (κ1) is 21.7. The number of ether oxygens (including phenoxy) is 1. The van der Waals surface area contributed by atoms with E-state index in [1.54, 1.807) is 24.5 Å². The Morgan fingerprint density at radius 1 is 1.24 bits per heavy atom. The molecule has 0 bridgehead atoms. The quantitative estimate of drug-likeness (QED) is 0.434. The monoisotopic (exact) mass is 459 g/mol. The van der Waals surface area contributed by atoms with Crippen molar-refractivity contribution in [2.45, 2.75) is 39.0 Å². The maximum atomic E-state index is 12.7. The molecule has 5 rings (SSSR count). The van der Waals surface area contributed by atoms with E-state index in [4.69, 9.17) is 9.15 Å². The number of hydrogen-bond donors (Lipinski definition) is 2. The van der Waals surface area contributed by atoms with Crippen molar-refractivity contribution < 1.29 is 13.9 Å². The number of anilines is 1. The summed E-state index contributed by atoms with van der Waals surface area (Å²) in [5.74, 6) is 1.76. The molecule has 0 saturated carbocycles. The number of nitrogens with one attached hydrogen (secondary N) is 2. The minimum absolute atomic E-state index is 0.182. The van der Waals surface area contributed by atoms with Gasteiger partial charge < -0.3 is 14.5 Å². The molecule has 0 radical (unpaired) electrons. The van der Waals surface area contributed by atoms with E-state index in [9.17, 15) is 9.59 Å². The maximum absolute atomic E-state index is 12.7. The lowest BCUT2D eigenvalue weighted by atomic mass is 10.0. The molecule has 0 saturated heterocycles. The smallest absolute Gasteiger partial charge is 0.263 e. The van der Waals surface area contributed by atoms with Crippen molar-refractivity contribution in [1.82, 2.24) is 19.7 Å². The van der Waals surface area contributed by atoms with Crippen molar-refractivity contribution in [1.29, 1.82) is 0 Å². The van der Waals surface area contributed by atoms with Gasteiger partial charge in [0.1, 0.15) is 17.3 Å². The zero-order valence-electron chi connectivity index (χ0n) is 19.0. The number of aromatic amines is 1. The van der Waals surface area contributed by atoms with Crippen LogP contribution in [0.5, 0.6) is 5.75 Å². The normalized spacial score (nSPS) is 12.7. The van der Waals surface area contributed by atoms with Gasteiger partial charge in [0.25, 0.3) is 11.5 Å². The molecule has 3 heterocycles. The Balaban J connectivity index is 1.39. The lowest BCUT2D eigenvalue weighted by Gasteiger charge is -2.11. The molecule has 34 heavy (non-hydrogen) atoms. The highest BCUT2D eigenvalue weighted by Crippen LogP contribution is 2.25. The summed E-state index contributed by atoms with van der Waals surface area (Å²) in [6.07, 6.45) is 3.89. The number of aryl methyl sites for hydroxylation is 1. The largest absolute Gasteiger partial charge is 0.484 e. The van der Waals surface area contributed by atoms with Crippen molar-refractivity contribution in [3.8, 4) is 23.2 Å². The molecule has 0 atom stereocenters. The summed E-state index contributed by atoms with van der Waals surface area (Å²) in [5.41, 5.74) is 2.98. The number of hydrogen-bond acceptors (Lipinski definition) is 6. The van der Waals surface area contributed by atoms with Gasteiger partial charge in [-0.25, -0.2) is 4.98 Å². The van der Waals surface area contributed by atoms with E-state index < -0.39 is 0 Å². The number of amides is 1. The SMILES string of the molecule is CC(C)c1ccc(OCC(=O)Nc2cc(-c3ccco3)nn2-c2nc3c(c(=O)[nH]2)CCC3)cc1. The van der Waals surface area contributed by atoms with Gasteiger partial charge in [-0.1, -0.05) is 26.0 Å². The Hall–Kier alpha value is -4.14. The second kappa shape index (κ2) is 9.01. The van der Waals surface area contributed by atoms with Gasteiger partial charge in [-0.3, -0.25) is 14.6 Å². The van der Waals surface area contributed by atoms with Crippen LogP contribution >= 0.6 is 0 Å². The molecule has 1 aromatic carbocycles. The fourth-order valence-corrected chi connectivity index (χ4v) is 3.98. The number of nitrogens with zero attached hydrogens (tertiary/aromatic N) is 3. The zero-order chi connectivity index (χ0) is 23.7. The predicted molar refractivity (Wildman–Crippen MR) is 126 cm³/mol. The van der Waals surface area contributed by atoms with E-state index in [2.05, 4.69) is 34.2 Å². The summed E-state index contributed by atoms with van der Waals surface area (Å²) in [6, 6.07) is 12.8. The van der Waals surface area contributed by atoms with Crippen LogP contribution in [0.4, 0.5) is 5.82 Å². The number of carbonyl (C=O) groups is 1. The Morgan fingerprint density at radius 2 is 2.06 bits per heavy atom. The van der Waals surface area contributed by atoms with Gasteiger partial charge in [0.15, 0.2) is 12.4 Å². The Morgan fingerprint density at radius 3 is 2.79 bits per heavy atom. The molecule has 0 aliphatic heterocycles. The van der Waals surface area contributed by atoms with Crippen molar-refractivity contribution in [2.24, 2.45) is 0 Å². The van der Waals surface area contributed by atoms with E-state index in [0.717, 1.165) is 18.5 Å². The van der Waals surface area contributed by atoms with E-state index in [-0.39, 0.29) is 24.0 Å². The third-order valence-electron chi connectivity index (χ3n) is 5.80. The number of benzene rings is 1. The molecule has 0 spiro atoms. The lowest BCUT2D eigenvalue weighted by molar-refractivity contribution is -0.118. The molecular formula is C25H25N5O4. The average Bonchev–Trinajstić information content (AvgIpc) is 3.58. The van der Waals surface area contributed by atoms with Gasteiger partial charge in [-0.05, 0) is 55.0 Å². The molecule has 2 N–H and O–H groups in total. The Kier molecular flexibility index (Phi) is 5.75. The molecule has 4 aromatic rings. The number of furan rings is 1. The topological polar surface area (TPSA) is 115 Å². The number of H-pyrrole nitrogens is 1. The van der Waals surface area contributed by atoms with Gasteiger partial charge in [0.05, 0.1) is 12.0 Å². The number of aromatic nitrogens is 4. The molecule has 1 amide bonds. The van der Waals surface area contributed by atoms with Crippen LogP contribution < -0.4 is 15.6 Å². The predicted octanol–water partition coefficient (Wildman–Crippen LogP) is 3.85. The van der Waals surface area contributed by atoms with E-state index in [0.29, 0.717) is 40.9 Å². The van der Waals surface area contributed by atoms with Crippen molar-refractivity contribution in [2.75, 3.05) is 11.9 Å². The first-order valence-corrected chi connectivity index (χ1v) is 11.3. The lowest BCUT2D eigenvalue weighted by Crippen LogP contribution is -2.24. The minimum atomic E-state index is -0.372. The van der Waals surface area contributed by atoms with Gasteiger partial charge >= 0.3 is 0 Å². The average molecular weight is 460 g/mol. The molecular weight excluding hydrogens is 434 g/mol. The molecule has 1 aliphatic rings. The highest BCUT2D eigenvalue weighted by molar-refractivity contribution is 5.91. The minimum Gasteiger partial charge on any atom is -0.484 e. The van der Waals surface area contributed by atoms with Gasteiger partial charge in [-0.2, -0.15) is 9.78 Å². The van der Waals surface area contributed by atoms with Crippen LogP contribution in [0.25, 0.3) is 17.4 Å². The summed E-state index contributed by atoms with van der Waals surface area (Å²) in [7, 11) is 0. The summed E-state index contributed by atoms with van der Waals surface area (Å²) in [4.78, 5) is 32.6. The van der Waals surface area contributed by atoms with Crippen molar-refractivity contribution >= 4 is 11.7 Å². The highest BCUT2D eigenvalue weighted by atomic mass is 16.5. The first-order chi connectivity index (χ1) is 16.5. The van der Waals surface area contributed by atoms with Crippen LogP contribution in [-0.2, 0) is 17.6 Å². The summed E-state index contributed by atoms with van der Waals surface area (Å²) < 4.78 is 12.5. The third kappa shape index (κ3) is 4.36. The van der Waals surface area contributed by atoms with Crippen molar-refractivity contribution in [3.63, 3.8) is 0 Å². The summed E-state index contributed by atoms with van der Waals surface area (Å²) >= 11 is 0. The summed E-state index contributed by atoms with van der Waals surface area (Å²) in [6.45, 7) is 4.05. The standard InChI is InChI=1S/C25H25N5O4/c1-15(2)16-8-10-17(11-9-16)34-14-23(31)27-22-13-20(21-7-4-12-33-21)29-30(22)25-26-19-6-3-5-18(19)24(32)28-25/h4,7-13,15H,3,5-6,14H2,1-2H3,(H,27,31)(H,26,28,32). The van der Waals surface area contributed by atoms with E-state index >= 15 is 0 Å². The molecule has 9 nitrogen and oxygen atoms in total. The van der Waals surface area contributed by atoms with Crippen LogP contribution in [0.3, 0.4) is 0 Å². The molecule has 9 heteroatoms. The van der Waals surface area contributed by atoms with Crippen LogP contribution in [0, 0.1) is 0 Å². The molecule has 3 aromatic heterocycles. The second-order valence-corrected chi connectivity index (χ2v) is 8.53. The molecule has 174 valence electrons. The fourth-order valence-electron chi connectivity index (χ4n) is 3.98. The Labute approximate surface area is 195 Å². The van der Waals surface area contributed by atoms with E-state index in [1.165, 1.54) is 10.2 Å². The molecule has 0 fully saturated rings. The van der Waals surface area contributed by atoms with E-state index in [1.807, 2.05) is 24.3 Å². The summed E-state index contributed by atoms with van der Waals surface area (Å²) in [5, 5.41) is 7.33.